The van der Waals surface area contributed by atoms with Crippen LogP contribution >= 0.6 is 47.0 Å². The third kappa shape index (κ3) is 18.9. The van der Waals surface area contributed by atoms with Gasteiger partial charge in [0.1, 0.15) is 36.2 Å². The van der Waals surface area contributed by atoms with Gasteiger partial charge in [0.2, 0.25) is 20.0 Å². The van der Waals surface area contributed by atoms with E-state index in [2.05, 4.69) is 117 Å². The van der Waals surface area contributed by atoms with E-state index in [-0.39, 0.29) is 26.4 Å². The molecule has 4 aromatic carbocycles. The molecule has 0 saturated carbocycles. The fourth-order valence-electron chi connectivity index (χ4n) is 7.60. The molecule has 6 rings (SSSR count). The van der Waals surface area contributed by atoms with Crippen LogP contribution in [0.25, 0.3) is 0 Å². The second kappa shape index (κ2) is 26.4. The molecule has 0 fully saturated rings. The first-order valence-corrected chi connectivity index (χ1v) is 32.6. The molecule has 16 nitrogen and oxygen atoms in total. The monoisotopic (exact) mass is 1190 g/mol. The molecule has 10 bridgehead atoms. The van der Waals surface area contributed by atoms with E-state index in [0.717, 1.165) is 34.8 Å². The standard InChI is InChI=1S/C56H76N2O14S6/c1-53(2,3)35-25-39-49-40(26-35)74-44-30-38(56(10,11)12)32-46(52(44)72-34-48(60)58-78(14,63)64)76-42-28-36(54(4,5)6)27-41(50(42)70-24-22-68-20-18-66-16-15-65-17-19-67-21-23-69-49)75-45-31-37(55(7,8)9)29-43(73-39)51(45)71-33-47(59)57-77(13,61)62/h25-32H,15-24,33-34H2,1-14H3,(H,57,59)(H,58,60). The highest BCUT2D eigenvalue weighted by atomic mass is 32.2. The van der Waals surface area contributed by atoms with Crippen LogP contribution < -0.4 is 28.4 Å². The van der Waals surface area contributed by atoms with Crippen molar-refractivity contribution in [2.75, 3.05) is 91.8 Å². The zero-order valence-electron chi connectivity index (χ0n) is 47.3. The molecule has 430 valence electrons. The first-order chi connectivity index (χ1) is 36.2. The number of benzene rings is 4. The van der Waals surface area contributed by atoms with Crippen molar-refractivity contribution in [2.45, 2.75) is 144 Å². The lowest BCUT2D eigenvalue weighted by atomic mass is 9.87. The van der Waals surface area contributed by atoms with Crippen molar-refractivity contribution < 1.29 is 64.3 Å². The average Bonchev–Trinajstić information content (AvgIpc) is 3.36. The predicted octanol–water partition coefficient (Wildman–Crippen LogP) is 10.5. The number of carbonyl (C=O) groups is 2. The van der Waals surface area contributed by atoms with Crippen LogP contribution in [0.3, 0.4) is 0 Å². The second-order valence-electron chi connectivity index (χ2n) is 22.9. The van der Waals surface area contributed by atoms with E-state index in [1.807, 2.05) is 24.3 Å². The molecule has 22 heteroatoms. The van der Waals surface area contributed by atoms with Gasteiger partial charge in [-0.05, 0) is 92.4 Å². The molecule has 2 aliphatic heterocycles. The second-order valence-corrected chi connectivity index (χ2v) is 30.8. The van der Waals surface area contributed by atoms with Crippen molar-refractivity contribution in [1.29, 1.82) is 0 Å². The molecule has 2 amide bonds. The maximum Gasteiger partial charge on any atom is 0.271 e. The summed E-state index contributed by atoms with van der Waals surface area (Å²) >= 11 is 5.53. The van der Waals surface area contributed by atoms with Gasteiger partial charge in [0.25, 0.3) is 11.8 Å². The average molecular weight is 1190 g/mol. The number of amides is 2. The van der Waals surface area contributed by atoms with Gasteiger partial charge in [-0.3, -0.25) is 19.0 Å². The summed E-state index contributed by atoms with van der Waals surface area (Å²) in [6.45, 7) is 26.9. The highest BCUT2D eigenvalue weighted by Crippen LogP contribution is 2.56. The van der Waals surface area contributed by atoms with Crippen molar-refractivity contribution in [3.8, 4) is 23.0 Å². The van der Waals surface area contributed by atoms with Gasteiger partial charge in [0.05, 0.1) is 105 Å². The van der Waals surface area contributed by atoms with Crippen LogP contribution in [0.4, 0.5) is 0 Å². The van der Waals surface area contributed by atoms with Crippen molar-refractivity contribution in [1.82, 2.24) is 9.44 Å². The van der Waals surface area contributed by atoms with E-state index in [1.54, 1.807) is 0 Å². The predicted molar refractivity (Wildman–Crippen MR) is 308 cm³/mol. The maximum absolute atomic E-state index is 13.4. The van der Waals surface area contributed by atoms with Crippen LogP contribution in [-0.2, 0) is 70.2 Å². The number of sulfonamides is 2. The molecule has 0 aromatic heterocycles. The Bertz CT molecular complexity index is 2730. The highest BCUT2D eigenvalue weighted by molar-refractivity contribution is 8.01. The van der Waals surface area contributed by atoms with Crippen molar-refractivity contribution in [3.05, 3.63) is 70.8 Å². The normalized spacial score (nSPS) is 16.0. The van der Waals surface area contributed by atoms with Gasteiger partial charge in [-0.1, -0.05) is 130 Å². The lowest BCUT2D eigenvalue weighted by molar-refractivity contribution is -0.122. The Kier molecular flexibility index (Phi) is 21.4. The molecule has 0 saturated heterocycles. The van der Waals surface area contributed by atoms with E-state index in [9.17, 15) is 26.4 Å². The Hall–Kier alpha value is -3.84. The maximum atomic E-state index is 13.4. The van der Waals surface area contributed by atoms with Gasteiger partial charge in [-0.2, -0.15) is 0 Å². The molecule has 78 heavy (non-hydrogen) atoms. The van der Waals surface area contributed by atoms with Crippen molar-refractivity contribution in [3.63, 3.8) is 0 Å². The van der Waals surface area contributed by atoms with E-state index >= 15 is 0 Å². The number of nitrogens with one attached hydrogen (secondary N) is 2. The van der Waals surface area contributed by atoms with Gasteiger partial charge < -0.3 is 37.9 Å². The van der Waals surface area contributed by atoms with Crippen LogP contribution in [0.15, 0.2) is 87.7 Å². The molecular weight excluding hydrogens is 1120 g/mol. The minimum absolute atomic E-state index is 0.128. The fourth-order valence-corrected chi connectivity index (χ4v) is 13.3. The summed E-state index contributed by atoms with van der Waals surface area (Å²) in [4.78, 5) is 32.1. The van der Waals surface area contributed by atoms with Crippen LogP contribution in [0.5, 0.6) is 23.0 Å². The highest BCUT2D eigenvalue weighted by Gasteiger charge is 2.31. The largest absolute Gasteiger partial charge is 0.489 e. The van der Waals surface area contributed by atoms with E-state index in [0.29, 0.717) is 102 Å². The van der Waals surface area contributed by atoms with Gasteiger partial charge >= 0.3 is 0 Å². The van der Waals surface area contributed by atoms with Gasteiger partial charge in [0, 0.05) is 0 Å². The molecule has 0 atom stereocenters. The van der Waals surface area contributed by atoms with Crippen molar-refractivity contribution in [2.24, 2.45) is 0 Å². The van der Waals surface area contributed by atoms with Crippen LogP contribution in [0.1, 0.15) is 105 Å². The van der Waals surface area contributed by atoms with E-state index in [4.69, 9.17) is 37.9 Å². The third-order valence-electron chi connectivity index (χ3n) is 11.8. The minimum atomic E-state index is -3.93. The Balaban J connectivity index is 1.78. The number of rotatable bonds is 8. The smallest absolute Gasteiger partial charge is 0.271 e. The number of hydrogen-bond acceptors (Lipinski definition) is 18. The first-order valence-electron chi connectivity index (χ1n) is 25.5. The Labute approximate surface area is 479 Å². The lowest BCUT2D eigenvalue weighted by Crippen LogP contribution is -2.33. The fraction of sp³-hybridized carbons (Fsp3) is 0.536. The van der Waals surface area contributed by atoms with Crippen LogP contribution in [0, 0.1) is 0 Å². The van der Waals surface area contributed by atoms with E-state index < -0.39 is 66.7 Å². The molecule has 2 heterocycles. The summed E-state index contributed by atoms with van der Waals surface area (Å²) in [5.74, 6) is -0.0471. The van der Waals surface area contributed by atoms with Crippen LogP contribution in [0.2, 0.25) is 0 Å². The van der Waals surface area contributed by atoms with Gasteiger partial charge in [0.15, 0.2) is 13.2 Å². The molecule has 0 radical (unpaired) electrons. The summed E-state index contributed by atoms with van der Waals surface area (Å²) in [5, 5.41) is 0. The zero-order chi connectivity index (χ0) is 57.4. The Morgan fingerprint density at radius 1 is 0.410 bits per heavy atom. The minimum Gasteiger partial charge on any atom is -0.489 e. The number of fused-ring (bicyclic) bond motifs is 2. The first kappa shape index (κ1) is 63.3. The number of ether oxygens (including phenoxy) is 8. The quantitative estimate of drug-likeness (QED) is 0.148. The van der Waals surface area contributed by atoms with Gasteiger partial charge in [-0.15, -0.1) is 0 Å². The SMILES string of the molecule is CC(C)(C)c1cc2c3c(c1)Sc1cc(C(C)(C)C)cc(c1OCC(=O)NS(C)(=O)=O)Sc1cc(C(C)(C)C)cc(c1OCCOCCOCCOCCOCCO3)Sc1cc(C(C)(C)C)cc(c1OCC(=O)NS(C)(=O)=O)S2. The Morgan fingerprint density at radius 2 is 0.628 bits per heavy atom. The molecule has 0 spiro atoms. The molecular formula is C56H76N2O14S6. The summed E-state index contributed by atoms with van der Waals surface area (Å²) < 4.78 is 104. The topological polar surface area (TPSA) is 200 Å². The van der Waals surface area contributed by atoms with Crippen LogP contribution in [-0.4, -0.2) is 120 Å². The summed E-state index contributed by atoms with van der Waals surface area (Å²) in [7, 11) is -7.85. The van der Waals surface area contributed by atoms with Crippen molar-refractivity contribution >= 4 is 78.9 Å². The lowest BCUT2D eigenvalue weighted by Gasteiger charge is -2.28. The summed E-state index contributed by atoms with van der Waals surface area (Å²) in [6.07, 6.45) is 1.83. The van der Waals surface area contributed by atoms with Gasteiger partial charge in [-0.25, -0.2) is 16.8 Å². The molecule has 0 aliphatic carbocycles. The molecule has 2 N–H and O–H groups in total. The molecule has 2 aliphatic rings. The Morgan fingerprint density at radius 3 is 0.846 bits per heavy atom. The summed E-state index contributed by atoms with van der Waals surface area (Å²) in [5.41, 5.74) is 2.14. The molecule has 0 unspecified atom stereocenters. The third-order valence-corrected chi connectivity index (χ3v) is 17.2. The number of carbonyl (C=O) groups excluding carboxylic acids is 2. The summed E-state index contributed by atoms with van der Waals surface area (Å²) in [6, 6.07) is 16.5. The van der Waals surface area contributed by atoms with E-state index in [1.165, 1.54) is 47.0 Å². The zero-order valence-corrected chi connectivity index (χ0v) is 52.2. The molecule has 4 aromatic rings. The number of hydrogen-bond donors (Lipinski definition) is 2.